The molecule has 0 bridgehead atoms. The lowest BCUT2D eigenvalue weighted by Crippen LogP contribution is -2.40. The zero-order valence-corrected chi connectivity index (χ0v) is 13.2. The minimum absolute atomic E-state index is 0.355. The second-order valence-electron chi connectivity index (χ2n) is 6.51. The molecule has 1 N–H and O–H groups in total. The number of β-amino-alcohol motifs (C(OH)–C–C–N with tert-alkyl or cyclic N) is 1. The maximum Gasteiger partial charge on any atom is 0.0916 e. The van der Waals surface area contributed by atoms with Gasteiger partial charge < -0.3 is 10.0 Å². The van der Waals surface area contributed by atoms with Gasteiger partial charge in [-0.3, -0.25) is 0 Å². The highest BCUT2D eigenvalue weighted by Gasteiger charge is 2.24. The van der Waals surface area contributed by atoms with Crippen molar-refractivity contribution >= 4 is 0 Å². The molecule has 112 valence electrons. The quantitative estimate of drug-likeness (QED) is 0.886. The first-order chi connectivity index (χ1) is 9.60. The van der Waals surface area contributed by atoms with Gasteiger partial charge >= 0.3 is 0 Å². The van der Waals surface area contributed by atoms with E-state index in [9.17, 15) is 5.11 Å². The van der Waals surface area contributed by atoms with Crippen LogP contribution in [-0.2, 0) is 6.42 Å². The highest BCUT2D eigenvalue weighted by molar-refractivity contribution is 5.24. The van der Waals surface area contributed by atoms with E-state index < -0.39 is 0 Å². The molecule has 0 saturated carbocycles. The number of benzene rings is 1. The lowest BCUT2D eigenvalue weighted by molar-refractivity contribution is 0.0705. The predicted molar refractivity (Wildman–Crippen MR) is 84.8 cm³/mol. The third-order valence-corrected chi connectivity index (χ3v) is 4.75. The number of hydrogen-bond acceptors (Lipinski definition) is 2. The van der Waals surface area contributed by atoms with Gasteiger partial charge in [0, 0.05) is 13.1 Å². The molecule has 0 aliphatic carbocycles. The van der Waals surface area contributed by atoms with Crippen molar-refractivity contribution in [3.63, 3.8) is 0 Å². The Labute approximate surface area is 123 Å². The fourth-order valence-corrected chi connectivity index (χ4v) is 3.06. The first-order valence-corrected chi connectivity index (χ1v) is 8.09. The molecule has 0 spiro atoms. The third kappa shape index (κ3) is 4.07. The summed E-state index contributed by atoms with van der Waals surface area (Å²) in [5.74, 6) is 1.56. The fraction of sp³-hybridized carbons (Fsp3) is 0.667. The largest absolute Gasteiger partial charge is 0.387 e. The van der Waals surface area contributed by atoms with E-state index in [2.05, 4.69) is 49.9 Å². The molecule has 0 radical (unpaired) electrons. The second kappa shape index (κ2) is 7.24. The van der Waals surface area contributed by atoms with Crippen molar-refractivity contribution in [2.75, 3.05) is 19.6 Å². The summed E-state index contributed by atoms with van der Waals surface area (Å²) in [6.45, 7) is 9.86. The van der Waals surface area contributed by atoms with Crippen LogP contribution in [0.4, 0.5) is 0 Å². The van der Waals surface area contributed by atoms with E-state index >= 15 is 0 Å². The zero-order chi connectivity index (χ0) is 14.5. The smallest absolute Gasteiger partial charge is 0.0916 e. The highest BCUT2D eigenvalue weighted by Crippen LogP contribution is 2.24. The lowest BCUT2D eigenvalue weighted by atomic mass is 9.88. The van der Waals surface area contributed by atoms with E-state index in [4.69, 9.17) is 0 Å². The van der Waals surface area contributed by atoms with Gasteiger partial charge in [0.05, 0.1) is 6.10 Å². The summed E-state index contributed by atoms with van der Waals surface area (Å²) in [6, 6.07) is 8.49. The van der Waals surface area contributed by atoms with E-state index in [1.54, 1.807) is 0 Å². The summed E-state index contributed by atoms with van der Waals surface area (Å²) in [6.07, 6.45) is 3.19. The molecule has 1 heterocycles. The van der Waals surface area contributed by atoms with Crippen molar-refractivity contribution in [3.05, 3.63) is 35.4 Å². The van der Waals surface area contributed by atoms with Gasteiger partial charge in [-0.2, -0.15) is 0 Å². The first kappa shape index (κ1) is 15.5. The normalized spacial score (nSPS) is 25.6. The lowest BCUT2D eigenvalue weighted by Gasteiger charge is -2.36. The molecule has 1 fully saturated rings. The summed E-state index contributed by atoms with van der Waals surface area (Å²) in [5.41, 5.74) is 2.42. The molecular formula is C18H29NO. The van der Waals surface area contributed by atoms with Crippen molar-refractivity contribution in [2.45, 2.75) is 46.1 Å². The number of aliphatic hydroxyl groups is 1. The van der Waals surface area contributed by atoms with Gasteiger partial charge in [0.1, 0.15) is 0 Å². The zero-order valence-electron chi connectivity index (χ0n) is 13.2. The maximum absolute atomic E-state index is 10.4. The van der Waals surface area contributed by atoms with Gasteiger partial charge in [-0.15, -0.1) is 0 Å². The Bertz CT molecular complexity index is 400. The summed E-state index contributed by atoms with van der Waals surface area (Å²) in [4.78, 5) is 2.41. The van der Waals surface area contributed by atoms with Gasteiger partial charge in [-0.05, 0) is 42.3 Å². The molecular weight excluding hydrogens is 246 g/mol. The minimum Gasteiger partial charge on any atom is -0.387 e. The Balaban J connectivity index is 1.89. The van der Waals surface area contributed by atoms with Crippen LogP contribution in [0, 0.1) is 11.8 Å². The Kier molecular flexibility index (Phi) is 5.62. The van der Waals surface area contributed by atoms with Crippen LogP contribution in [0.1, 0.15) is 50.8 Å². The van der Waals surface area contributed by atoms with E-state index in [0.29, 0.717) is 0 Å². The molecule has 3 atom stereocenters. The first-order valence-electron chi connectivity index (χ1n) is 8.09. The van der Waals surface area contributed by atoms with Crippen LogP contribution < -0.4 is 0 Å². The number of aryl methyl sites for hydroxylation is 1. The molecule has 2 heteroatoms. The highest BCUT2D eigenvalue weighted by atomic mass is 16.3. The van der Waals surface area contributed by atoms with Crippen LogP contribution in [0.25, 0.3) is 0 Å². The minimum atomic E-state index is -0.355. The molecule has 1 aromatic rings. The molecule has 3 unspecified atom stereocenters. The van der Waals surface area contributed by atoms with Crippen molar-refractivity contribution in [2.24, 2.45) is 11.8 Å². The monoisotopic (exact) mass is 275 g/mol. The van der Waals surface area contributed by atoms with E-state index in [1.165, 1.54) is 18.4 Å². The average molecular weight is 275 g/mol. The number of aliphatic hydroxyl groups excluding tert-OH is 1. The van der Waals surface area contributed by atoms with Gasteiger partial charge in [0.25, 0.3) is 0 Å². The third-order valence-electron chi connectivity index (χ3n) is 4.75. The van der Waals surface area contributed by atoms with E-state index in [0.717, 1.165) is 43.5 Å². The second-order valence-corrected chi connectivity index (χ2v) is 6.51. The van der Waals surface area contributed by atoms with Gasteiger partial charge in [0.2, 0.25) is 0 Å². The number of piperidine rings is 1. The van der Waals surface area contributed by atoms with Crippen LogP contribution in [0.3, 0.4) is 0 Å². The van der Waals surface area contributed by atoms with Gasteiger partial charge in [-0.1, -0.05) is 51.5 Å². The van der Waals surface area contributed by atoms with Crippen LogP contribution in [0.2, 0.25) is 0 Å². The Hall–Kier alpha value is -0.860. The summed E-state index contributed by atoms with van der Waals surface area (Å²) >= 11 is 0. The molecule has 2 rings (SSSR count). The molecule has 1 aliphatic heterocycles. The van der Waals surface area contributed by atoms with Crippen molar-refractivity contribution in [1.82, 2.24) is 4.90 Å². The van der Waals surface area contributed by atoms with Gasteiger partial charge in [0.15, 0.2) is 0 Å². The number of hydrogen-bond donors (Lipinski definition) is 1. The Morgan fingerprint density at radius 3 is 2.50 bits per heavy atom. The van der Waals surface area contributed by atoms with E-state index in [1.807, 2.05) is 0 Å². The molecule has 1 aromatic carbocycles. The Morgan fingerprint density at radius 1 is 1.20 bits per heavy atom. The van der Waals surface area contributed by atoms with Crippen LogP contribution >= 0.6 is 0 Å². The fourth-order valence-electron chi connectivity index (χ4n) is 3.06. The molecule has 2 nitrogen and oxygen atoms in total. The Morgan fingerprint density at radius 2 is 1.90 bits per heavy atom. The SMILES string of the molecule is CCCc1ccc(C(O)CN2CCC(C)C(C)C2)cc1. The maximum atomic E-state index is 10.4. The van der Waals surface area contributed by atoms with Crippen molar-refractivity contribution in [1.29, 1.82) is 0 Å². The summed E-state index contributed by atoms with van der Waals surface area (Å²) in [7, 11) is 0. The molecule has 0 aromatic heterocycles. The predicted octanol–water partition coefficient (Wildman–Crippen LogP) is 3.65. The number of nitrogens with zero attached hydrogens (tertiary/aromatic N) is 1. The van der Waals surface area contributed by atoms with Crippen molar-refractivity contribution < 1.29 is 5.11 Å². The molecule has 1 saturated heterocycles. The van der Waals surface area contributed by atoms with Crippen LogP contribution in [-0.4, -0.2) is 29.6 Å². The summed E-state index contributed by atoms with van der Waals surface area (Å²) < 4.78 is 0. The van der Waals surface area contributed by atoms with Crippen molar-refractivity contribution in [3.8, 4) is 0 Å². The van der Waals surface area contributed by atoms with E-state index in [-0.39, 0.29) is 6.10 Å². The number of rotatable bonds is 5. The molecule has 0 amide bonds. The summed E-state index contributed by atoms with van der Waals surface area (Å²) in [5, 5.41) is 10.4. The molecule has 20 heavy (non-hydrogen) atoms. The standard InChI is InChI=1S/C18H29NO/c1-4-5-16-6-8-17(9-7-16)18(20)13-19-11-10-14(2)15(3)12-19/h6-9,14-15,18,20H,4-5,10-13H2,1-3H3. The van der Waals surface area contributed by atoms with Gasteiger partial charge in [-0.25, -0.2) is 0 Å². The van der Waals surface area contributed by atoms with Crippen LogP contribution in [0.5, 0.6) is 0 Å². The molecule has 1 aliphatic rings. The van der Waals surface area contributed by atoms with Crippen LogP contribution in [0.15, 0.2) is 24.3 Å². The average Bonchev–Trinajstić information content (AvgIpc) is 2.44. The topological polar surface area (TPSA) is 23.5 Å². The number of likely N-dealkylation sites (tertiary alicyclic amines) is 1.